The molecule has 1 N–H and O–H groups in total. The molecule has 2 aromatic carbocycles. The highest BCUT2D eigenvalue weighted by Gasteiger charge is 2.47. The van der Waals surface area contributed by atoms with E-state index in [4.69, 9.17) is 9.15 Å². The number of Topliss-reactive ketones (excluding diaryl/α,β-unsaturated/α-hetero) is 1. The van der Waals surface area contributed by atoms with Crippen LogP contribution in [0.1, 0.15) is 34.8 Å². The van der Waals surface area contributed by atoms with Crippen molar-refractivity contribution in [2.75, 3.05) is 11.5 Å². The van der Waals surface area contributed by atoms with Crippen LogP contribution in [0.5, 0.6) is 5.75 Å². The number of aliphatic hydroxyl groups excluding tert-OH is 1. The largest absolute Gasteiger partial charge is 0.503 e. The first-order valence-electron chi connectivity index (χ1n) is 10.5. The summed E-state index contributed by atoms with van der Waals surface area (Å²) >= 11 is 1.18. The highest BCUT2D eigenvalue weighted by molar-refractivity contribution is 7.22. The number of amides is 1. The van der Waals surface area contributed by atoms with Gasteiger partial charge in [0.25, 0.3) is 5.91 Å². The number of ketones is 1. The Hall–Kier alpha value is -3.98. The minimum Gasteiger partial charge on any atom is -0.503 e. The Morgan fingerprint density at radius 1 is 1.24 bits per heavy atom. The zero-order chi connectivity index (χ0) is 24.0. The number of carbonyl (C=O) groups is 2. The normalized spacial score (nSPS) is 16.0. The van der Waals surface area contributed by atoms with Crippen molar-refractivity contribution in [3.8, 4) is 5.75 Å². The number of aliphatic hydroxyl groups is 1. The van der Waals surface area contributed by atoms with Gasteiger partial charge in [-0.25, -0.2) is 9.37 Å². The molecule has 3 heterocycles. The van der Waals surface area contributed by atoms with Crippen molar-refractivity contribution in [1.29, 1.82) is 0 Å². The average molecular weight is 479 g/mol. The molecule has 0 fully saturated rings. The Balaban J connectivity index is 1.66. The van der Waals surface area contributed by atoms with Crippen molar-refractivity contribution >= 4 is 38.4 Å². The molecule has 1 aliphatic rings. The fraction of sp³-hybridized carbons (Fsp3) is 0.160. The number of aryl methyl sites for hydroxylation is 1. The summed E-state index contributed by atoms with van der Waals surface area (Å²) in [5.74, 6) is -1.85. The van der Waals surface area contributed by atoms with E-state index in [0.717, 1.165) is 9.60 Å². The van der Waals surface area contributed by atoms with E-state index >= 15 is 0 Å². The van der Waals surface area contributed by atoms with Gasteiger partial charge in [-0.3, -0.25) is 14.5 Å². The van der Waals surface area contributed by atoms with Crippen LogP contribution in [0, 0.1) is 12.7 Å². The van der Waals surface area contributed by atoms with E-state index in [1.54, 1.807) is 37.3 Å². The molecule has 34 heavy (non-hydrogen) atoms. The Morgan fingerprint density at radius 2 is 2.03 bits per heavy atom. The molecule has 0 radical (unpaired) electrons. The van der Waals surface area contributed by atoms with Crippen LogP contribution in [-0.4, -0.2) is 28.4 Å². The van der Waals surface area contributed by atoms with Crippen molar-refractivity contribution in [3.63, 3.8) is 0 Å². The van der Waals surface area contributed by atoms with Crippen LogP contribution in [0.3, 0.4) is 0 Å². The first kappa shape index (κ1) is 21.8. The number of carbonyl (C=O) groups excluding carboxylic acids is 2. The SMILES string of the molecule is CCOc1ccc2nc(N3C(=O)C(O)=C(C(=O)c4ccc(C)o4)C3c3ccccc3F)sc2c1. The molecule has 5 rings (SSSR count). The summed E-state index contributed by atoms with van der Waals surface area (Å²) < 4.78 is 26.7. The van der Waals surface area contributed by atoms with Gasteiger partial charge in [0.1, 0.15) is 23.4 Å². The van der Waals surface area contributed by atoms with Crippen molar-refractivity contribution in [3.05, 3.63) is 88.8 Å². The number of ether oxygens (including phenoxy) is 1. The van der Waals surface area contributed by atoms with Crippen molar-refractivity contribution in [2.45, 2.75) is 19.9 Å². The predicted molar refractivity (Wildman–Crippen MR) is 125 cm³/mol. The summed E-state index contributed by atoms with van der Waals surface area (Å²) in [6.07, 6.45) is 0. The number of fused-ring (bicyclic) bond motifs is 1. The Labute approximate surface area is 197 Å². The molecular formula is C25H19FN2O5S. The van der Waals surface area contributed by atoms with Gasteiger partial charge in [0.2, 0.25) is 5.78 Å². The van der Waals surface area contributed by atoms with E-state index in [0.29, 0.717) is 23.6 Å². The Kier molecular flexibility index (Phi) is 5.41. The molecule has 1 atom stereocenters. The summed E-state index contributed by atoms with van der Waals surface area (Å²) in [5.41, 5.74) is 0.393. The maximum absolute atomic E-state index is 15.0. The van der Waals surface area contributed by atoms with Crippen LogP contribution in [0.25, 0.3) is 10.2 Å². The van der Waals surface area contributed by atoms with Gasteiger partial charge in [0.15, 0.2) is 16.7 Å². The van der Waals surface area contributed by atoms with E-state index in [9.17, 15) is 19.1 Å². The third-order valence-corrected chi connectivity index (χ3v) is 6.50. The zero-order valence-electron chi connectivity index (χ0n) is 18.2. The first-order valence-corrected chi connectivity index (χ1v) is 11.4. The highest BCUT2D eigenvalue weighted by atomic mass is 32.1. The lowest BCUT2D eigenvalue weighted by molar-refractivity contribution is -0.117. The van der Waals surface area contributed by atoms with Gasteiger partial charge in [-0.05, 0) is 50.2 Å². The van der Waals surface area contributed by atoms with E-state index in [1.807, 2.05) is 6.92 Å². The smallest absolute Gasteiger partial charge is 0.296 e. The monoisotopic (exact) mass is 478 g/mol. The lowest BCUT2D eigenvalue weighted by Crippen LogP contribution is -2.31. The third-order valence-electron chi connectivity index (χ3n) is 5.48. The van der Waals surface area contributed by atoms with Gasteiger partial charge in [-0.15, -0.1) is 0 Å². The molecule has 7 nitrogen and oxygen atoms in total. The van der Waals surface area contributed by atoms with Gasteiger partial charge in [-0.2, -0.15) is 0 Å². The number of thiazole rings is 1. The van der Waals surface area contributed by atoms with E-state index < -0.39 is 29.3 Å². The molecule has 0 spiro atoms. The maximum atomic E-state index is 15.0. The number of aromatic nitrogens is 1. The van der Waals surface area contributed by atoms with Crippen LogP contribution < -0.4 is 9.64 Å². The van der Waals surface area contributed by atoms with Crippen molar-refractivity contribution in [1.82, 2.24) is 4.98 Å². The maximum Gasteiger partial charge on any atom is 0.296 e. The molecular weight excluding hydrogens is 459 g/mol. The van der Waals surface area contributed by atoms with Gasteiger partial charge < -0.3 is 14.3 Å². The van der Waals surface area contributed by atoms with Crippen molar-refractivity contribution < 1.29 is 28.2 Å². The van der Waals surface area contributed by atoms with Gasteiger partial charge in [0.05, 0.1) is 22.4 Å². The summed E-state index contributed by atoms with van der Waals surface area (Å²) in [6, 6.07) is 13.0. The number of nitrogens with zero attached hydrogens (tertiary/aromatic N) is 2. The van der Waals surface area contributed by atoms with Crippen LogP contribution in [0.15, 0.2) is 70.3 Å². The summed E-state index contributed by atoms with van der Waals surface area (Å²) in [5, 5.41) is 11.0. The standard InChI is InChI=1S/C25H19FN2O5S/c1-3-32-14-9-10-17-19(12-14)34-25(27-17)28-21(15-6-4-5-7-16(15)26)20(23(30)24(28)31)22(29)18-11-8-13(2)33-18/h4-12,21,30H,3H2,1-2H3. The predicted octanol–water partition coefficient (Wildman–Crippen LogP) is 5.52. The van der Waals surface area contributed by atoms with E-state index in [1.165, 1.54) is 35.6 Å². The molecule has 0 aliphatic carbocycles. The number of hydrogen-bond donors (Lipinski definition) is 1. The lowest BCUT2D eigenvalue weighted by atomic mass is 9.95. The van der Waals surface area contributed by atoms with Crippen LogP contribution in [0.4, 0.5) is 9.52 Å². The summed E-state index contributed by atoms with van der Waals surface area (Å²) in [7, 11) is 0. The zero-order valence-corrected chi connectivity index (χ0v) is 19.1. The second-order valence-electron chi connectivity index (χ2n) is 7.66. The molecule has 1 unspecified atom stereocenters. The van der Waals surface area contributed by atoms with Crippen molar-refractivity contribution in [2.24, 2.45) is 0 Å². The average Bonchev–Trinajstić information content (AvgIpc) is 3.50. The second-order valence-corrected chi connectivity index (χ2v) is 8.67. The molecule has 172 valence electrons. The summed E-state index contributed by atoms with van der Waals surface area (Å²) in [4.78, 5) is 32.3. The number of hydrogen-bond acceptors (Lipinski definition) is 7. The molecule has 1 amide bonds. The molecule has 0 saturated heterocycles. The van der Waals surface area contributed by atoms with Crippen LogP contribution in [0.2, 0.25) is 0 Å². The topological polar surface area (TPSA) is 92.9 Å². The fourth-order valence-electron chi connectivity index (χ4n) is 3.97. The second kappa shape index (κ2) is 8.42. The molecule has 1 aliphatic heterocycles. The Morgan fingerprint density at radius 3 is 2.74 bits per heavy atom. The number of anilines is 1. The van der Waals surface area contributed by atoms with Gasteiger partial charge in [0, 0.05) is 5.56 Å². The van der Waals surface area contributed by atoms with E-state index in [2.05, 4.69) is 4.98 Å². The molecule has 4 aromatic rings. The van der Waals surface area contributed by atoms with E-state index in [-0.39, 0.29) is 22.0 Å². The van der Waals surface area contributed by atoms with Crippen LogP contribution >= 0.6 is 11.3 Å². The van der Waals surface area contributed by atoms with Gasteiger partial charge >= 0.3 is 0 Å². The minimum atomic E-state index is -1.22. The minimum absolute atomic E-state index is 0.0549. The number of benzene rings is 2. The quantitative estimate of drug-likeness (QED) is 0.367. The number of rotatable bonds is 6. The molecule has 0 bridgehead atoms. The van der Waals surface area contributed by atoms with Gasteiger partial charge in [-0.1, -0.05) is 29.5 Å². The fourth-order valence-corrected chi connectivity index (χ4v) is 4.99. The molecule has 9 heteroatoms. The molecule has 2 aromatic heterocycles. The lowest BCUT2D eigenvalue weighted by Gasteiger charge is -2.24. The highest BCUT2D eigenvalue weighted by Crippen LogP contribution is 2.45. The number of halogens is 1. The summed E-state index contributed by atoms with van der Waals surface area (Å²) in [6.45, 7) is 4.04. The molecule has 0 saturated carbocycles. The van der Waals surface area contributed by atoms with Crippen LogP contribution in [-0.2, 0) is 4.79 Å². The Bertz CT molecular complexity index is 1470. The first-order chi connectivity index (χ1) is 16.4. The third kappa shape index (κ3) is 3.54. The number of furan rings is 1.